The van der Waals surface area contributed by atoms with Crippen molar-refractivity contribution in [2.45, 2.75) is 19.4 Å². The van der Waals surface area contributed by atoms with E-state index in [4.69, 9.17) is 0 Å². The van der Waals surface area contributed by atoms with Crippen LogP contribution in [0.25, 0.3) is 0 Å². The molecular weight excluding hydrogens is 136 g/mol. The van der Waals surface area contributed by atoms with E-state index in [0.29, 0.717) is 6.04 Å². The van der Waals surface area contributed by atoms with Crippen LogP contribution >= 0.6 is 0 Å². The Labute approximate surface area is 70.3 Å². The van der Waals surface area contributed by atoms with Crippen LogP contribution in [0.15, 0.2) is 12.7 Å². The van der Waals surface area contributed by atoms with Crippen molar-refractivity contribution in [3.8, 4) is 0 Å². The predicted octanol–water partition coefficient (Wildman–Crippen LogP) is 1.10. The van der Waals surface area contributed by atoms with Gasteiger partial charge in [-0.15, -0.1) is 6.58 Å². The van der Waals surface area contributed by atoms with Gasteiger partial charge < -0.3 is 10.2 Å². The average Bonchev–Trinajstić information content (AvgIpc) is 1.87. The van der Waals surface area contributed by atoms with Crippen LogP contribution in [0.2, 0.25) is 0 Å². The summed E-state index contributed by atoms with van der Waals surface area (Å²) >= 11 is 0. The van der Waals surface area contributed by atoms with E-state index in [1.807, 2.05) is 6.08 Å². The molecule has 1 atom stereocenters. The highest BCUT2D eigenvalue weighted by molar-refractivity contribution is 4.79. The van der Waals surface area contributed by atoms with E-state index in [0.717, 1.165) is 19.5 Å². The van der Waals surface area contributed by atoms with E-state index in [9.17, 15) is 0 Å². The van der Waals surface area contributed by atoms with Crippen LogP contribution in [0, 0.1) is 0 Å². The molecule has 0 aliphatic carbocycles. The van der Waals surface area contributed by atoms with Crippen molar-refractivity contribution in [2.24, 2.45) is 0 Å². The Hall–Kier alpha value is -0.340. The molecule has 1 N–H and O–H groups in total. The zero-order valence-electron chi connectivity index (χ0n) is 7.93. The largest absolute Gasteiger partial charge is 0.313 e. The molecule has 0 fully saturated rings. The molecule has 2 nitrogen and oxygen atoms in total. The van der Waals surface area contributed by atoms with Gasteiger partial charge in [0.25, 0.3) is 0 Å². The molecule has 0 radical (unpaired) electrons. The van der Waals surface area contributed by atoms with E-state index in [1.165, 1.54) is 0 Å². The van der Waals surface area contributed by atoms with Gasteiger partial charge in [-0.25, -0.2) is 0 Å². The molecule has 0 saturated carbocycles. The zero-order valence-corrected chi connectivity index (χ0v) is 7.93. The Morgan fingerprint density at radius 2 is 2.18 bits per heavy atom. The van der Waals surface area contributed by atoms with Gasteiger partial charge in [-0.05, 0) is 27.1 Å². The van der Waals surface area contributed by atoms with Gasteiger partial charge in [0.15, 0.2) is 0 Å². The third-order valence-electron chi connectivity index (χ3n) is 1.53. The maximum atomic E-state index is 3.73. The highest BCUT2D eigenvalue weighted by Gasteiger charge is 2.04. The van der Waals surface area contributed by atoms with Crippen molar-refractivity contribution in [1.82, 2.24) is 10.2 Å². The van der Waals surface area contributed by atoms with E-state index in [2.05, 4.69) is 37.8 Å². The first-order valence-corrected chi connectivity index (χ1v) is 4.19. The van der Waals surface area contributed by atoms with E-state index < -0.39 is 0 Å². The van der Waals surface area contributed by atoms with Crippen molar-refractivity contribution in [1.29, 1.82) is 0 Å². The topological polar surface area (TPSA) is 15.3 Å². The lowest BCUT2D eigenvalue weighted by atomic mass is 10.2. The molecule has 0 spiro atoms. The van der Waals surface area contributed by atoms with Gasteiger partial charge >= 0.3 is 0 Å². The number of hydrogen-bond acceptors (Lipinski definition) is 2. The molecule has 0 heterocycles. The Morgan fingerprint density at radius 1 is 1.55 bits per heavy atom. The number of hydrogen-bond donors (Lipinski definition) is 1. The summed E-state index contributed by atoms with van der Waals surface area (Å²) in [6, 6.07) is 0.562. The third-order valence-corrected chi connectivity index (χ3v) is 1.53. The maximum absolute atomic E-state index is 3.73. The first-order chi connectivity index (χ1) is 5.20. The molecule has 0 aromatic heterocycles. The van der Waals surface area contributed by atoms with Crippen LogP contribution in [0.3, 0.4) is 0 Å². The molecule has 1 unspecified atom stereocenters. The number of nitrogens with one attached hydrogen (secondary N) is 1. The zero-order chi connectivity index (χ0) is 8.69. The fraction of sp³-hybridized carbons (Fsp3) is 0.778. The number of nitrogens with zero attached hydrogens (tertiary/aromatic N) is 1. The van der Waals surface area contributed by atoms with Gasteiger partial charge in [0.2, 0.25) is 0 Å². The van der Waals surface area contributed by atoms with Crippen molar-refractivity contribution in [3.63, 3.8) is 0 Å². The Kier molecular flexibility index (Phi) is 6.18. The Morgan fingerprint density at radius 3 is 2.55 bits per heavy atom. The summed E-state index contributed by atoms with van der Waals surface area (Å²) in [5, 5.41) is 3.40. The summed E-state index contributed by atoms with van der Waals surface area (Å²) in [5.74, 6) is 0. The highest BCUT2D eigenvalue weighted by Crippen LogP contribution is 1.93. The first-order valence-electron chi connectivity index (χ1n) is 4.19. The van der Waals surface area contributed by atoms with E-state index in [-0.39, 0.29) is 0 Å². The second-order valence-electron chi connectivity index (χ2n) is 3.04. The molecule has 11 heavy (non-hydrogen) atoms. The number of likely N-dealkylation sites (N-methyl/N-ethyl adjacent to an activating group) is 2. The standard InChI is InChI=1S/C9H20N2/c1-5-7-9(10-6-2)8-11(3)4/h5,9-10H,1,6-8H2,2-4H3. The monoisotopic (exact) mass is 156 g/mol. The SMILES string of the molecule is C=CCC(CN(C)C)NCC. The van der Waals surface area contributed by atoms with Gasteiger partial charge in [0.05, 0.1) is 0 Å². The number of rotatable bonds is 6. The first kappa shape index (κ1) is 10.7. The molecule has 0 saturated heterocycles. The molecule has 0 rings (SSSR count). The minimum absolute atomic E-state index is 0.562. The molecular formula is C9H20N2. The van der Waals surface area contributed by atoms with Crippen molar-refractivity contribution < 1.29 is 0 Å². The van der Waals surface area contributed by atoms with Gasteiger partial charge in [-0.1, -0.05) is 13.0 Å². The fourth-order valence-corrected chi connectivity index (χ4v) is 1.15. The fourth-order valence-electron chi connectivity index (χ4n) is 1.15. The molecule has 0 aromatic carbocycles. The molecule has 0 bridgehead atoms. The molecule has 0 aromatic rings. The minimum Gasteiger partial charge on any atom is -0.313 e. The lowest BCUT2D eigenvalue weighted by Crippen LogP contribution is -2.37. The van der Waals surface area contributed by atoms with Crippen molar-refractivity contribution in [2.75, 3.05) is 27.2 Å². The summed E-state index contributed by atoms with van der Waals surface area (Å²) < 4.78 is 0. The van der Waals surface area contributed by atoms with Crippen LogP contribution in [0.1, 0.15) is 13.3 Å². The summed E-state index contributed by atoms with van der Waals surface area (Å²) in [5.41, 5.74) is 0. The quantitative estimate of drug-likeness (QED) is 0.579. The van der Waals surface area contributed by atoms with Crippen LogP contribution in [0.5, 0.6) is 0 Å². The maximum Gasteiger partial charge on any atom is 0.0229 e. The molecule has 0 aliphatic rings. The van der Waals surface area contributed by atoms with Crippen LogP contribution < -0.4 is 5.32 Å². The smallest absolute Gasteiger partial charge is 0.0229 e. The Balaban J connectivity index is 3.58. The molecule has 66 valence electrons. The minimum atomic E-state index is 0.562. The predicted molar refractivity (Wildman–Crippen MR) is 50.8 cm³/mol. The lowest BCUT2D eigenvalue weighted by molar-refractivity contribution is 0.341. The molecule has 0 amide bonds. The average molecular weight is 156 g/mol. The summed E-state index contributed by atoms with van der Waals surface area (Å²) in [7, 11) is 4.18. The van der Waals surface area contributed by atoms with Gasteiger partial charge in [0, 0.05) is 12.6 Å². The second-order valence-corrected chi connectivity index (χ2v) is 3.04. The normalized spacial score (nSPS) is 13.5. The van der Waals surface area contributed by atoms with Crippen LogP contribution in [-0.4, -0.2) is 38.1 Å². The van der Waals surface area contributed by atoms with Gasteiger partial charge in [-0.2, -0.15) is 0 Å². The van der Waals surface area contributed by atoms with Crippen molar-refractivity contribution >= 4 is 0 Å². The van der Waals surface area contributed by atoms with Gasteiger partial charge in [0.1, 0.15) is 0 Å². The third kappa shape index (κ3) is 6.07. The van der Waals surface area contributed by atoms with Gasteiger partial charge in [-0.3, -0.25) is 0 Å². The Bertz CT molecular complexity index is 99.7. The van der Waals surface area contributed by atoms with Crippen LogP contribution in [-0.2, 0) is 0 Å². The summed E-state index contributed by atoms with van der Waals surface area (Å²) in [6.07, 6.45) is 3.02. The highest BCUT2D eigenvalue weighted by atomic mass is 15.1. The van der Waals surface area contributed by atoms with Crippen LogP contribution in [0.4, 0.5) is 0 Å². The summed E-state index contributed by atoms with van der Waals surface area (Å²) in [6.45, 7) is 7.98. The van der Waals surface area contributed by atoms with Crippen molar-refractivity contribution in [3.05, 3.63) is 12.7 Å². The second kappa shape index (κ2) is 6.38. The summed E-state index contributed by atoms with van der Waals surface area (Å²) in [4.78, 5) is 2.19. The lowest BCUT2D eigenvalue weighted by Gasteiger charge is -2.20. The van der Waals surface area contributed by atoms with E-state index >= 15 is 0 Å². The molecule has 2 heteroatoms. The van der Waals surface area contributed by atoms with E-state index in [1.54, 1.807) is 0 Å². The molecule has 0 aliphatic heterocycles.